The molecule has 1 saturated carbocycles. The molecule has 22 heavy (non-hydrogen) atoms. The second kappa shape index (κ2) is 5.70. The van der Waals surface area contributed by atoms with E-state index in [1.54, 1.807) is 4.68 Å². The molecular formula is C15H17F3N4. The van der Waals surface area contributed by atoms with Crippen molar-refractivity contribution in [2.45, 2.75) is 51.2 Å². The van der Waals surface area contributed by atoms with Gasteiger partial charge in [-0.1, -0.05) is 19.8 Å². The molecule has 118 valence electrons. The van der Waals surface area contributed by atoms with Crippen molar-refractivity contribution < 1.29 is 13.2 Å². The van der Waals surface area contributed by atoms with Crippen LogP contribution in [0.25, 0.3) is 11.5 Å². The van der Waals surface area contributed by atoms with Crippen molar-refractivity contribution in [3.8, 4) is 11.5 Å². The quantitative estimate of drug-likeness (QED) is 0.859. The molecule has 2 aromatic rings. The van der Waals surface area contributed by atoms with Gasteiger partial charge in [0.2, 0.25) is 0 Å². The third-order valence-electron chi connectivity index (χ3n) is 3.99. The molecule has 7 heteroatoms. The maximum atomic E-state index is 13.2. The van der Waals surface area contributed by atoms with Crippen LogP contribution in [-0.4, -0.2) is 19.7 Å². The van der Waals surface area contributed by atoms with Crippen LogP contribution >= 0.6 is 0 Å². The molecule has 1 fully saturated rings. The van der Waals surface area contributed by atoms with Gasteiger partial charge >= 0.3 is 6.18 Å². The van der Waals surface area contributed by atoms with Gasteiger partial charge in [0.25, 0.3) is 0 Å². The normalized spacial score (nSPS) is 16.4. The fourth-order valence-corrected chi connectivity index (χ4v) is 2.89. The van der Waals surface area contributed by atoms with Crippen molar-refractivity contribution in [3.05, 3.63) is 29.7 Å². The summed E-state index contributed by atoms with van der Waals surface area (Å²) in [6.07, 6.45) is 1.48. The first-order valence-corrected chi connectivity index (χ1v) is 7.48. The lowest BCUT2D eigenvalue weighted by atomic mass is 10.1. The van der Waals surface area contributed by atoms with Crippen molar-refractivity contribution in [3.63, 3.8) is 0 Å². The van der Waals surface area contributed by atoms with Crippen molar-refractivity contribution >= 4 is 0 Å². The Bertz CT molecular complexity index is 657. The Morgan fingerprint density at radius 2 is 2.00 bits per heavy atom. The Labute approximate surface area is 126 Å². The van der Waals surface area contributed by atoms with E-state index in [1.807, 2.05) is 6.92 Å². The first kappa shape index (κ1) is 15.0. The molecule has 2 aromatic heterocycles. The lowest BCUT2D eigenvalue weighted by Gasteiger charge is -2.15. The predicted molar refractivity (Wildman–Crippen MR) is 75.1 cm³/mol. The van der Waals surface area contributed by atoms with Gasteiger partial charge < -0.3 is 0 Å². The SMILES string of the molecule is CCc1nc(-c2ncccc2C(F)(F)F)n(C2CCCC2)n1. The number of nitrogens with zero attached hydrogens (tertiary/aromatic N) is 4. The van der Waals surface area contributed by atoms with Crippen molar-refractivity contribution in [2.24, 2.45) is 0 Å². The molecule has 0 aliphatic heterocycles. The first-order chi connectivity index (χ1) is 10.5. The Hall–Kier alpha value is -1.92. The molecule has 1 aliphatic carbocycles. The highest BCUT2D eigenvalue weighted by Gasteiger charge is 2.36. The van der Waals surface area contributed by atoms with Crippen LogP contribution in [0, 0.1) is 0 Å². The third kappa shape index (κ3) is 2.71. The second-order valence-corrected chi connectivity index (χ2v) is 5.49. The summed E-state index contributed by atoms with van der Waals surface area (Å²) in [6, 6.07) is 2.45. The molecule has 1 aliphatic rings. The summed E-state index contributed by atoms with van der Waals surface area (Å²) in [5.41, 5.74) is -0.890. The number of hydrogen-bond donors (Lipinski definition) is 0. The largest absolute Gasteiger partial charge is 0.418 e. The average Bonchev–Trinajstić information content (AvgIpc) is 3.15. The minimum absolute atomic E-state index is 0.117. The lowest BCUT2D eigenvalue weighted by Crippen LogP contribution is -2.13. The number of pyridine rings is 1. The Morgan fingerprint density at radius 1 is 1.27 bits per heavy atom. The predicted octanol–water partition coefficient (Wildman–Crippen LogP) is 4.04. The van der Waals surface area contributed by atoms with Gasteiger partial charge in [0.05, 0.1) is 11.6 Å². The van der Waals surface area contributed by atoms with Crippen molar-refractivity contribution in [2.75, 3.05) is 0 Å². The number of rotatable bonds is 3. The van der Waals surface area contributed by atoms with E-state index in [2.05, 4.69) is 15.1 Å². The van der Waals surface area contributed by atoms with Crippen LogP contribution in [-0.2, 0) is 12.6 Å². The highest BCUT2D eigenvalue weighted by atomic mass is 19.4. The van der Waals surface area contributed by atoms with Crippen molar-refractivity contribution in [1.29, 1.82) is 0 Å². The Kier molecular flexibility index (Phi) is 3.88. The van der Waals surface area contributed by atoms with E-state index in [1.165, 1.54) is 12.3 Å². The molecular weight excluding hydrogens is 293 g/mol. The highest BCUT2D eigenvalue weighted by Crippen LogP contribution is 2.37. The first-order valence-electron chi connectivity index (χ1n) is 7.48. The van der Waals surface area contributed by atoms with Crippen LogP contribution in [0.1, 0.15) is 50.0 Å². The highest BCUT2D eigenvalue weighted by molar-refractivity contribution is 5.56. The summed E-state index contributed by atoms with van der Waals surface area (Å²) in [6.45, 7) is 1.89. The number of aryl methyl sites for hydroxylation is 1. The molecule has 2 heterocycles. The molecule has 0 aromatic carbocycles. The van der Waals surface area contributed by atoms with Gasteiger partial charge in [0.1, 0.15) is 5.69 Å². The molecule has 4 nitrogen and oxygen atoms in total. The van der Waals surface area contributed by atoms with Gasteiger partial charge in [-0.2, -0.15) is 18.3 Å². The van der Waals surface area contributed by atoms with Crippen LogP contribution in [0.2, 0.25) is 0 Å². The maximum Gasteiger partial charge on any atom is 0.418 e. The smallest absolute Gasteiger partial charge is 0.252 e. The fraction of sp³-hybridized carbons (Fsp3) is 0.533. The summed E-state index contributed by atoms with van der Waals surface area (Å²) >= 11 is 0. The summed E-state index contributed by atoms with van der Waals surface area (Å²) in [5, 5.41) is 4.41. The van der Waals surface area contributed by atoms with Gasteiger partial charge in [-0.15, -0.1) is 0 Å². The van der Waals surface area contributed by atoms with E-state index in [0.29, 0.717) is 12.2 Å². The standard InChI is InChI=1S/C15H17F3N4/c1-2-12-20-14(22(21-12)10-6-3-4-7-10)13-11(15(16,17)18)8-5-9-19-13/h5,8-10H,2-4,6-7H2,1H3. The zero-order chi connectivity index (χ0) is 15.7. The minimum atomic E-state index is -4.46. The van der Waals surface area contributed by atoms with E-state index >= 15 is 0 Å². The number of alkyl halides is 3. The molecule has 0 spiro atoms. The van der Waals surface area contributed by atoms with Gasteiger partial charge in [-0.05, 0) is 25.0 Å². The minimum Gasteiger partial charge on any atom is -0.252 e. The van der Waals surface area contributed by atoms with E-state index in [0.717, 1.165) is 31.7 Å². The maximum absolute atomic E-state index is 13.2. The van der Waals surface area contributed by atoms with Gasteiger partial charge in [0, 0.05) is 12.6 Å². The van der Waals surface area contributed by atoms with E-state index in [-0.39, 0.29) is 17.6 Å². The Morgan fingerprint density at radius 3 is 2.64 bits per heavy atom. The molecule has 0 amide bonds. The number of halogens is 3. The zero-order valence-corrected chi connectivity index (χ0v) is 12.3. The molecule has 0 N–H and O–H groups in total. The molecule has 0 bridgehead atoms. The van der Waals surface area contributed by atoms with Crippen LogP contribution in [0.4, 0.5) is 13.2 Å². The van der Waals surface area contributed by atoms with Crippen LogP contribution in [0.15, 0.2) is 18.3 Å². The number of hydrogen-bond acceptors (Lipinski definition) is 3. The van der Waals surface area contributed by atoms with Crippen LogP contribution < -0.4 is 0 Å². The summed E-state index contributed by atoms with van der Waals surface area (Å²) < 4.78 is 41.4. The Balaban J connectivity index is 2.14. The third-order valence-corrected chi connectivity index (χ3v) is 3.99. The summed E-state index contributed by atoms with van der Waals surface area (Å²) in [7, 11) is 0. The number of aromatic nitrogens is 4. The monoisotopic (exact) mass is 310 g/mol. The van der Waals surface area contributed by atoms with E-state index in [9.17, 15) is 13.2 Å². The zero-order valence-electron chi connectivity index (χ0n) is 12.3. The van der Waals surface area contributed by atoms with E-state index < -0.39 is 11.7 Å². The molecule has 0 radical (unpaired) electrons. The van der Waals surface area contributed by atoms with Crippen molar-refractivity contribution in [1.82, 2.24) is 19.7 Å². The van der Waals surface area contributed by atoms with Crippen LogP contribution in [0.3, 0.4) is 0 Å². The topological polar surface area (TPSA) is 43.6 Å². The summed E-state index contributed by atoms with van der Waals surface area (Å²) in [4.78, 5) is 8.26. The molecule has 0 atom stereocenters. The second-order valence-electron chi connectivity index (χ2n) is 5.49. The summed E-state index contributed by atoms with van der Waals surface area (Å²) in [5.74, 6) is 0.789. The van der Waals surface area contributed by atoms with E-state index in [4.69, 9.17) is 0 Å². The fourth-order valence-electron chi connectivity index (χ4n) is 2.89. The lowest BCUT2D eigenvalue weighted by molar-refractivity contribution is -0.137. The van der Waals surface area contributed by atoms with Crippen LogP contribution in [0.5, 0.6) is 0 Å². The van der Waals surface area contributed by atoms with Gasteiger partial charge in [0.15, 0.2) is 11.6 Å². The van der Waals surface area contributed by atoms with Gasteiger partial charge in [-0.25, -0.2) is 9.67 Å². The molecule has 0 unspecified atom stereocenters. The van der Waals surface area contributed by atoms with Gasteiger partial charge in [-0.3, -0.25) is 4.98 Å². The average molecular weight is 310 g/mol. The molecule has 0 saturated heterocycles. The molecule has 3 rings (SSSR count).